The van der Waals surface area contributed by atoms with Crippen molar-refractivity contribution >= 4 is 18.3 Å². The molecule has 0 aliphatic rings. The van der Waals surface area contributed by atoms with Crippen LogP contribution in [0.25, 0.3) is 0 Å². The zero-order valence-corrected chi connectivity index (χ0v) is 44.2. The van der Waals surface area contributed by atoms with Crippen LogP contribution < -0.4 is 5.32 Å². The average molecular weight is 898 g/mol. The first-order valence-electron chi connectivity index (χ1n) is 26.7. The Kier molecular flexibility index (Phi) is 56.6. The number of ether oxygens (including phenoxy) is 3. The highest BCUT2D eigenvalue weighted by Crippen LogP contribution is 2.16. The van der Waals surface area contributed by atoms with Gasteiger partial charge in [-0.1, -0.05) is 240 Å². The molecule has 0 bridgehead atoms. The number of rotatable bonds is 41. The van der Waals surface area contributed by atoms with Gasteiger partial charge in [0, 0.05) is 18.7 Å². The van der Waals surface area contributed by atoms with Crippen LogP contribution in [0.5, 0.6) is 0 Å². The molecule has 0 aliphatic carbocycles. The summed E-state index contributed by atoms with van der Waals surface area (Å²) in [5.74, 6) is -1.07. The summed E-state index contributed by atoms with van der Waals surface area (Å²) in [5, 5.41) is 12.1. The summed E-state index contributed by atoms with van der Waals surface area (Å²) in [6.07, 6.45) is 43.8. The van der Waals surface area contributed by atoms with E-state index in [1.165, 1.54) is 193 Å². The Morgan fingerprint density at radius 1 is 0.571 bits per heavy atom. The van der Waals surface area contributed by atoms with E-state index in [1.54, 1.807) is 13.8 Å². The van der Waals surface area contributed by atoms with Crippen LogP contribution in [0.1, 0.15) is 288 Å². The molecular formula is C55H111NO7. The van der Waals surface area contributed by atoms with Gasteiger partial charge in [-0.05, 0) is 54.4 Å². The maximum atomic E-state index is 12.1. The summed E-state index contributed by atoms with van der Waals surface area (Å²) in [6.45, 7) is 26.5. The lowest BCUT2D eigenvalue weighted by molar-refractivity contribution is -0.154. The van der Waals surface area contributed by atoms with Gasteiger partial charge >= 0.3 is 5.97 Å². The van der Waals surface area contributed by atoms with Crippen LogP contribution in [0, 0.1) is 0 Å². The largest absolute Gasteiger partial charge is 0.458 e. The molecular weight excluding hydrogens is 787 g/mol. The zero-order valence-electron chi connectivity index (χ0n) is 44.2. The molecule has 2 N–H and O–H groups in total. The molecule has 8 heteroatoms. The summed E-state index contributed by atoms with van der Waals surface area (Å²) < 4.78 is 15.1. The highest BCUT2D eigenvalue weighted by Gasteiger charge is 2.21. The Morgan fingerprint density at radius 2 is 0.873 bits per heavy atom. The highest BCUT2D eigenvalue weighted by molar-refractivity contribution is 5.87. The fourth-order valence-electron chi connectivity index (χ4n) is 6.75. The van der Waals surface area contributed by atoms with Crippen molar-refractivity contribution in [3.8, 4) is 0 Å². The van der Waals surface area contributed by atoms with Gasteiger partial charge in [0.25, 0.3) is 12.4 Å². The Bertz CT molecular complexity index is 926. The molecule has 0 heterocycles. The Morgan fingerprint density at radius 3 is 1.13 bits per heavy atom. The first kappa shape index (κ1) is 67.7. The number of amides is 1. The van der Waals surface area contributed by atoms with Crippen molar-refractivity contribution in [1.82, 2.24) is 5.32 Å². The van der Waals surface area contributed by atoms with Crippen molar-refractivity contribution in [2.24, 2.45) is 0 Å². The summed E-state index contributed by atoms with van der Waals surface area (Å²) in [7, 11) is 0. The minimum absolute atomic E-state index is 0.0920. The minimum atomic E-state index is -1.13. The number of carbonyl (C=O) groups is 3. The lowest BCUT2D eigenvalue weighted by atomic mass is 10.0. The van der Waals surface area contributed by atoms with Gasteiger partial charge in [0.05, 0.1) is 11.2 Å². The third kappa shape index (κ3) is 64.4. The number of nitrogens with one attached hydrogen (secondary N) is 1. The Labute approximate surface area is 393 Å². The molecule has 1 amide bonds. The standard InChI is InChI=1S/C26H47NO5.C18H38.C9H20O2.C2H6/c1-4-5-6-7-8-9-10-11-12-13-14-15-16-17-18-19-20-27-25(29)24(32-22-28)21-31-26(30)23(2)3;1-3-5-7-9-11-13-15-17-18-16-14-12-10-8-6-4-2;1-8(2,3)11-7-6-9(4,5)10;1-2/h22,24H,2,4-21H2,1,3H3,(H,27,29);3-18H2,1-2H3;10H,6-7H2,1-5H3;1-2H3. The Hall–Kier alpha value is -1.93. The highest BCUT2D eigenvalue weighted by atomic mass is 16.6. The predicted octanol–water partition coefficient (Wildman–Crippen LogP) is 16.3. The number of hydrogen-bond donors (Lipinski definition) is 2. The maximum absolute atomic E-state index is 12.1. The van der Waals surface area contributed by atoms with Crippen LogP contribution in [0.4, 0.5) is 0 Å². The molecule has 0 aliphatic heterocycles. The molecule has 0 spiro atoms. The van der Waals surface area contributed by atoms with Gasteiger partial charge in [-0.2, -0.15) is 0 Å². The first-order valence-corrected chi connectivity index (χ1v) is 26.7. The third-order valence-corrected chi connectivity index (χ3v) is 10.8. The molecule has 8 nitrogen and oxygen atoms in total. The van der Waals surface area contributed by atoms with Crippen LogP contribution in [-0.2, 0) is 28.6 Å². The number of aliphatic hydroxyl groups is 1. The van der Waals surface area contributed by atoms with E-state index in [-0.39, 0.29) is 24.3 Å². The van der Waals surface area contributed by atoms with Crippen molar-refractivity contribution in [3.05, 3.63) is 12.2 Å². The van der Waals surface area contributed by atoms with Gasteiger partial charge in [-0.3, -0.25) is 9.59 Å². The molecule has 1 unspecified atom stereocenters. The van der Waals surface area contributed by atoms with Gasteiger partial charge < -0.3 is 24.6 Å². The van der Waals surface area contributed by atoms with Crippen molar-refractivity contribution in [2.45, 2.75) is 305 Å². The van der Waals surface area contributed by atoms with Crippen molar-refractivity contribution in [1.29, 1.82) is 0 Å². The van der Waals surface area contributed by atoms with Crippen LogP contribution >= 0.6 is 0 Å². The van der Waals surface area contributed by atoms with Crippen molar-refractivity contribution < 1.29 is 33.7 Å². The predicted molar refractivity (Wildman–Crippen MR) is 272 cm³/mol. The van der Waals surface area contributed by atoms with Gasteiger partial charge in [-0.15, -0.1) is 0 Å². The molecule has 63 heavy (non-hydrogen) atoms. The third-order valence-electron chi connectivity index (χ3n) is 10.8. The number of unbranched alkanes of at least 4 members (excludes halogenated alkanes) is 30. The fraction of sp³-hybridized carbons (Fsp3) is 0.909. The molecule has 1 atom stereocenters. The molecule has 0 aromatic carbocycles. The average Bonchev–Trinajstić information content (AvgIpc) is 3.23. The monoisotopic (exact) mass is 898 g/mol. The minimum Gasteiger partial charge on any atom is -0.458 e. The molecule has 378 valence electrons. The lowest BCUT2D eigenvalue weighted by Gasteiger charge is -2.23. The van der Waals surface area contributed by atoms with E-state index in [0.29, 0.717) is 19.6 Å². The van der Waals surface area contributed by atoms with Crippen LogP contribution in [0.15, 0.2) is 12.2 Å². The topological polar surface area (TPSA) is 111 Å². The normalized spacial score (nSPS) is 11.5. The second kappa shape index (κ2) is 52.7. The molecule has 0 aromatic heterocycles. The van der Waals surface area contributed by atoms with E-state index < -0.39 is 23.6 Å². The van der Waals surface area contributed by atoms with E-state index in [9.17, 15) is 19.5 Å². The molecule has 0 saturated carbocycles. The van der Waals surface area contributed by atoms with Gasteiger partial charge in [0.15, 0.2) is 0 Å². The number of hydrogen-bond acceptors (Lipinski definition) is 7. The summed E-state index contributed by atoms with van der Waals surface area (Å²) in [4.78, 5) is 34.0. The molecule has 0 saturated heterocycles. The zero-order chi connectivity index (χ0) is 48.3. The smallest absolute Gasteiger partial charge is 0.333 e. The van der Waals surface area contributed by atoms with Crippen molar-refractivity contribution in [2.75, 3.05) is 19.8 Å². The van der Waals surface area contributed by atoms with Gasteiger partial charge in [0.2, 0.25) is 6.10 Å². The fourth-order valence-corrected chi connectivity index (χ4v) is 6.75. The maximum Gasteiger partial charge on any atom is 0.333 e. The number of carbonyl (C=O) groups excluding carboxylic acids is 3. The van der Waals surface area contributed by atoms with E-state index >= 15 is 0 Å². The van der Waals surface area contributed by atoms with Crippen LogP contribution in [-0.4, -0.2) is 60.5 Å². The van der Waals surface area contributed by atoms with Gasteiger partial charge in [0.1, 0.15) is 6.61 Å². The van der Waals surface area contributed by atoms with E-state index in [0.717, 1.165) is 19.3 Å². The summed E-state index contributed by atoms with van der Waals surface area (Å²) >= 11 is 0. The van der Waals surface area contributed by atoms with Gasteiger partial charge in [-0.25, -0.2) is 4.79 Å². The quantitative estimate of drug-likeness (QED) is 0.0272. The summed E-state index contributed by atoms with van der Waals surface area (Å²) in [6, 6.07) is 0. The van der Waals surface area contributed by atoms with E-state index in [2.05, 4.69) is 32.7 Å². The number of esters is 1. The molecule has 0 radical (unpaired) electrons. The second-order valence-corrected chi connectivity index (χ2v) is 19.2. The van der Waals surface area contributed by atoms with Crippen LogP contribution in [0.3, 0.4) is 0 Å². The SMILES string of the molecule is C=C(C)C(=O)OCC(OC=O)C(=O)NCCCCCCCCCCCCCCCCCC.CC.CC(C)(O)CCOC(C)(C)C.CCCCCCCCCCCCCCCCCC. The van der Waals surface area contributed by atoms with E-state index in [1.807, 2.05) is 34.6 Å². The van der Waals surface area contributed by atoms with Crippen molar-refractivity contribution in [3.63, 3.8) is 0 Å². The van der Waals surface area contributed by atoms with Crippen LogP contribution in [0.2, 0.25) is 0 Å². The summed E-state index contributed by atoms with van der Waals surface area (Å²) in [5.41, 5.74) is -0.473. The second-order valence-electron chi connectivity index (χ2n) is 19.2. The first-order chi connectivity index (χ1) is 30.1. The lowest BCUT2D eigenvalue weighted by Crippen LogP contribution is -2.40. The molecule has 0 aromatic rings. The molecule has 0 rings (SSSR count). The van der Waals surface area contributed by atoms with E-state index in [4.69, 9.17) is 14.2 Å². The Balaban J connectivity index is -0.000000468. The molecule has 0 fully saturated rings.